The summed E-state index contributed by atoms with van der Waals surface area (Å²) in [4.78, 5) is 26.3. The van der Waals surface area contributed by atoms with E-state index in [0.29, 0.717) is 23.3 Å². The Morgan fingerprint density at radius 3 is 2.41 bits per heavy atom. The van der Waals surface area contributed by atoms with Crippen LogP contribution in [0, 0.1) is 13.8 Å². The van der Waals surface area contributed by atoms with Crippen molar-refractivity contribution in [2.45, 2.75) is 20.4 Å². The zero-order chi connectivity index (χ0) is 19.1. The number of hydrogen-bond donors (Lipinski definition) is 0. The first-order valence-electron chi connectivity index (χ1n) is 8.76. The molecule has 0 radical (unpaired) electrons. The number of hydrogen-bond acceptors (Lipinski definition) is 3. The third-order valence-electron chi connectivity index (χ3n) is 4.75. The summed E-state index contributed by atoms with van der Waals surface area (Å²) in [5, 5.41) is 4.21. The van der Waals surface area contributed by atoms with Gasteiger partial charge in [0.2, 0.25) is 0 Å². The molecule has 0 fully saturated rings. The van der Waals surface area contributed by atoms with E-state index in [0.717, 1.165) is 16.7 Å². The van der Waals surface area contributed by atoms with Crippen LogP contribution in [0.15, 0.2) is 64.3 Å². The van der Waals surface area contributed by atoms with Crippen molar-refractivity contribution in [3.63, 3.8) is 0 Å². The molecule has 0 atom stereocenters. The summed E-state index contributed by atoms with van der Waals surface area (Å²) in [6.07, 6.45) is 1.58. The van der Waals surface area contributed by atoms with Gasteiger partial charge in [-0.2, -0.15) is 5.10 Å². The van der Waals surface area contributed by atoms with Crippen LogP contribution < -0.4 is 11.2 Å². The van der Waals surface area contributed by atoms with Crippen LogP contribution in [0.2, 0.25) is 0 Å². The predicted octanol–water partition coefficient (Wildman–Crippen LogP) is 2.55. The lowest BCUT2D eigenvalue weighted by Gasteiger charge is -2.13. The fourth-order valence-electron chi connectivity index (χ4n) is 3.36. The monoisotopic (exact) mass is 360 g/mol. The molecule has 0 spiro atoms. The maximum absolute atomic E-state index is 13.3. The number of nitrogens with zero attached hydrogens (tertiary/aromatic N) is 4. The van der Waals surface area contributed by atoms with Crippen LogP contribution in [0.3, 0.4) is 0 Å². The second-order valence-electron chi connectivity index (χ2n) is 6.84. The van der Waals surface area contributed by atoms with Gasteiger partial charge >= 0.3 is 5.69 Å². The largest absolute Gasteiger partial charge is 0.336 e. The zero-order valence-electron chi connectivity index (χ0n) is 15.5. The Morgan fingerprint density at radius 2 is 1.70 bits per heavy atom. The van der Waals surface area contributed by atoms with Gasteiger partial charge in [0.15, 0.2) is 5.52 Å². The van der Waals surface area contributed by atoms with Crippen LogP contribution in [0.1, 0.15) is 16.7 Å². The van der Waals surface area contributed by atoms with Crippen molar-refractivity contribution in [1.29, 1.82) is 0 Å². The van der Waals surface area contributed by atoms with E-state index < -0.39 is 0 Å². The smallest absolute Gasteiger partial charge is 0.285 e. The molecule has 27 heavy (non-hydrogen) atoms. The first kappa shape index (κ1) is 17.0. The summed E-state index contributed by atoms with van der Waals surface area (Å²) in [5.41, 5.74) is 3.95. The highest BCUT2D eigenvalue weighted by molar-refractivity contribution is 5.74. The van der Waals surface area contributed by atoms with Crippen molar-refractivity contribution in [2.75, 3.05) is 0 Å². The normalized spacial score (nSPS) is 11.2. The summed E-state index contributed by atoms with van der Waals surface area (Å²) in [7, 11) is 1.71. The third-order valence-corrected chi connectivity index (χ3v) is 4.75. The summed E-state index contributed by atoms with van der Waals surface area (Å²) >= 11 is 0. The van der Waals surface area contributed by atoms with Gasteiger partial charge in [-0.15, -0.1) is 0 Å². The third kappa shape index (κ3) is 2.89. The van der Waals surface area contributed by atoms with E-state index in [9.17, 15) is 9.59 Å². The molecule has 4 aromatic rings. The molecule has 2 heterocycles. The van der Waals surface area contributed by atoms with E-state index in [1.54, 1.807) is 29.9 Å². The molecule has 0 amide bonds. The SMILES string of the molecule is Cc1ccc(-n2c(=O)c3c(cnn3C)n(Cc3cccc(C)c3)c2=O)cc1. The van der Waals surface area contributed by atoms with Gasteiger partial charge < -0.3 is 0 Å². The fourth-order valence-corrected chi connectivity index (χ4v) is 3.36. The molecule has 0 saturated heterocycles. The van der Waals surface area contributed by atoms with E-state index in [1.165, 1.54) is 9.25 Å². The summed E-state index contributed by atoms with van der Waals surface area (Å²) < 4.78 is 4.35. The van der Waals surface area contributed by atoms with Crippen LogP contribution >= 0.6 is 0 Å². The van der Waals surface area contributed by atoms with Crippen molar-refractivity contribution in [3.8, 4) is 5.69 Å². The van der Waals surface area contributed by atoms with Crippen molar-refractivity contribution < 1.29 is 0 Å². The van der Waals surface area contributed by atoms with Crippen LogP contribution in [-0.2, 0) is 13.6 Å². The van der Waals surface area contributed by atoms with Crippen molar-refractivity contribution >= 4 is 11.0 Å². The average molecular weight is 360 g/mol. The molecule has 4 rings (SSSR count). The topological polar surface area (TPSA) is 61.8 Å². The minimum absolute atomic E-state index is 0.362. The Bertz CT molecular complexity index is 1260. The van der Waals surface area contributed by atoms with Gasteiger partial charge in [0.25, 0.3) is 5.56 Å². The van der Waals surface area contributed by atoms with E-state index >= 15 is 0 Å². The van der Waals surface area contributed by atoms with Crippen molar-refractivity contribution in [2.24, 2.45) is 7.05 Å². The quantitative estimate of drug-likeness (QED) is 0.564. The first-order valence-corrected chi connectivity index (χ1v) is 8.76. The summed E-state index contributed by atoms with van der Waals surface area (Å²) in [5.74, 6) is 0. The van der Waals surface area contributed by atoms with Crippen LogP contribution in [-0.4, -0.2) is 18.9 Å². The zero-order valence-corrected chi connectivity index (χ0v) is 15.5. The number of fused-ring (bicyclic) bond motifs is 1. The molecule has 6 nitrogen and oxygen atoms in total. The number of benzene rings is 2. The molecule has 0 bridgehead atoms. The van der Waals surface area contributed by atoms with Gasteiger partial charge in [0.05, 0.1) is 23.9 Å². The van der Waals surface area contributed by atoms with Crippen LogP contribution in [0.5, 0.6) is 0 Å². The molecule has 2 aromatic heterocycles. The van der Waals surface area contributed by atoms with Gasteiger partial charge in [0, 0.05) is 7.05 Å². The molecule has 136 valence electrons. The Labute approximate surface area is 155 Å². The lowest BCUT2D eigenvalue weighted by atomic mass is 10.1. The van der Waals surface area contributed by atoms with Crippen molar-refractivity contribution in [3.05, 3.63) is 92.3 Å². The predicted molar refractivity (Wildman–Crippen MR) is 106 cm³/mol. The van der Waals surface area contributed by atoms with Gasteiger partial charge in [-0.3, -0.25) is 14.0 Å². The molecule has 2 aromatic carbocycles. The molecule has 0 N–H and O–H groups in total. The first-order chi connectivity index (χ1) is 13.0. The van der Waals surface area contributed by atoms with Crippen molar-refractivity contribution in [1.82, 2.24) is 18.9 Å². The standard InChI is InChI=1S/C21H20N4O2/c1-14-7-9-17(10-8-14)25-20(26)19-18(12-22-23(19)3)24(21(25)27)13-16-6-4-5-15(2)11-16/h4-12H,13H2,1-3H3. The minimum atomic E-state index is -0.370. The highest BCUT2D eigenvalue weighted by Gasteiger charge is 2.18. The second-order valence-corrected chi connectivity index (χ2v) is 6.84. The Kier molecular flexibility index (Phi) is 4.03. The second kappa shape index (κ2) is 6.39. The highest BCUT2D eigenvalue weighted by atomic mass is 16.2. The maximum Gasteiger partial charge on any atom is 0.336 e. The molecule has 0 aliphatic rings. The number of aryl methyl sites for hydroxylation is 3. The number of aromatic nitrogens is 4. The van der Waals surface area contributed by atoms with Gasteiger partial charge in [-0.05, 0) is 31.5 Å². The Morgan fingerprint density at radius 1 is 0.963 bits per heavy atom. The molecule has 0 aliphatic heterocycles. The molecular weight excluding hydrogens is 340 g/mol. The fraction of sp³-hybridized carbons (Fsp3) is 0.190. The van der Waals surface area contributed by atoms with Crippen LogP contribution in [0.25, 0.3) is 16.7 Å². The molecular formula is C21H20N4O2. The lowest BCUT2D eigenvalue weighted by Crippen LogP contribution is -2.39. The molecule has 6 heteroatoms. The molecule has 0 saturated carbocycles. The summed E-state index contributed by atoms with van der Waals surface area (Å²) in [6, 6.07) is 15.3. The maximum atomic E-state index is 13.3. The summed E-state index contributed by atoms with van der Waals surface area (Å²) in [6.45, 7) is 4.35. The van der Waals surface area contributed by atoms with E-state index in [2.05, 4.69) is 5.10 Å². The highest BCUT2D eigenvalue weighted by Crippen LogP contribution is 2.13. The molecule has 0 unspecified atom stereocenters. The van der Waals surface area contributed by atoms with E-state index in [-0.39, 0.29) is 11.2 Å². The van der Waals surface area contributed by atoms with E-state index in [4.69, 9.17) is 0 Å². The van der Waals surface area contributed by atoms with E-state index in [1.807, 2.05) is 50.2 Å². The van der Waals surface area contributed by atoms with Gasteiger partial charge in [-0.25, -0.2) is 9.36 Å². The average Bonchev–Trinajstić information content (AvgIpc) is 3.02. The minimum Gasteiger partial charge on any atom is -0.285 e. The Balaban J connectivity index is 2.02. The van der Waals surface area contributed by atoms with Gasteiger partial charge in [0.1, 0.15) is 0 Å². The molecule has 0 aliphatic carbocycles. The van der Waals surface area contributed by atoms with Gasteiger partial charge in [-0.1, -0.05) is 47.5 Å². The van der Waals surface area contributed by atoms with Crippen LogP contribution in [0.4, 0.5) is 0 Å². The lowest BCUT2D eigenvalue weighted by molar-refractivity contribution is 0.708. The Hall–Kier alpha value is -3.41. The number of rotatable bonds is 3.